The topological polar surface area (TPSA) is 95.6 Å². The number of halogens is 1. The number of benzene rings is 1. The van der Waals surface area contributed by atoms with E-state index < -0.39 is 17.5 Å². The lowest BCUT2D eigenvalue weighted by Gasteiger charge is -2.39. The van der Waals surface area contributed by atoms with Gasteiger partial charge >= 0.3 is 0 Å². The number of nitrogens with zero attached hydrogens (tertiary/aromatic N) is 3. The second kappa shape index (κ2) is 8.17. The summed E-state index contributed by atoms with van der Waals surface area (Å²) in [5.74, 6) is -2.02. The van der Waals surface area contributed by atoms with Crippen molar-refractivity contribution < 1.29 is 23.5 Å². The van der Waals surface area contributed by atoms with Crippen LogP contribution in [0.25, 0.3) is 10.9 Å². The van der Waals surface area contributed by atoms with Crippen molar-refractivity contribution in [3.63, 3.8) is 0 Å². The molecule has 9 heteroatoms. The van der Waals surface area contributed by atoms with Gasteiger partial charge in [0.2, 0.25) is 0 Å². The van der Waals surface area contributed by atoms with Crippen molar-refractivity contribution >= 4 is 28.5 Å². The molecule has 160 valence electrons. The van der Waals surface area contributed by atoms with Crippen molar-refractivity contribution in [1.29, 1.82) is 0 Å². The van der Waals surface area contributed by atoms with Gasteiger partial charge < -0.3 is 19.5 Å². The third kappa shape index (κ3) is 3.63. The molecule has 1 atom stereocenters. The maximum Gasteiger partial charge on any atom is 0.295 e. The van der Waals surface area contributed by atoms with Gasteiger partial charge in [0.05, 0.1) is 23.6 Å². The van der Waals surface area contributed by atoms with Crippen LogP contribution in [0, 0.1) is 5.82 Å². The molecule has 8 nitrogen and oxygen atoms in total. The molecule has 1 fully saturated rings. The van der Waals surface area contributed by atoms with Crippen LogP contribution >= 0.6 is 0 Å². The van der Waals surface area contributed by atoms with Crippen LogP contribution in [0.4, 0.5) is 4.39 Å². The first-order chi connectivity index (χ1) is 14.9. The van der Waals surface area contributed by atoms with Gasteiger partial charge in [-0.25, -0.2) is 4.39 Å². The molecule has 2 amide bonds. The van der Waals surface area contributed by atoms with E-state index in [-0.39, 0.29) is 42.5 Å². The molecule has 0 radical (unpaired) electrons. The monoisotopic (exact) mass is 424 g/mol. The summed E-state index contributed by atoms with van der Waals surface area (Å²) < 4.78 is 19.6. The molecule has 4 rings (SSSR count). The molecule has 1 aromatic carbocycles. The quantitative estimate of drug-likeness (QED) is 0.512. The van der Waals surface area contributed by atoms with E-state index in [0.717, 1.165) is 0 Å². The van der Waals surface area contributed by atoms with E-state index in [2.05, 4.69) is 9.97 Å². The second-order valence-electron chi connectivity index (χ2n) is 7.34. The third-order valence-electron chi connectivity index (χ3n) is 5.46. The number of carbonyl (C=O) groups is 3. The molecule has 1 aliphatic rings. The van der Waals surface area contributed by atoms with Crippen LogP contribution in [-0.4, -0.2) is 70.2 Å². The fourth-order valence-corrected chi connectivity index (χ4v) is 3.87. The Hall–Kier alpha value is -3.75. The van der Waals surface area contributed by atoms with E-state index in [1.807, 2.05) is 0 Å². The van der Waals surface area contributed by atoms with Gasteiger partial charge in [0.25, 0.3) is 17.6 Å². The minimum absolute atomic E-state index is 0.0225. The summed E-state index contributed by atoms with van der Waals surface area (Å²) in [5.41, 5.74) is 0.599. The summed E-state index contributed by atoms with van der Waals surface area (Å²) >= 11 is 0. The van der Waals surface area contributed by atoms with Gasteiger partial charge in [-0.3, -0.25) is 19.4 Å². The van der Waals surface area contributed by atoms with E-state index >= 15 is 0 Å². The first-order valence-electron chi connectivity index (χ1n) is 9.81. The molecule has 1 saturated heterocycles. The smallest absolute Gasteiger partial charge is 0.295 e. The lowest BCUT2D eigenvalue weighted by molar-refractivity contribution is -0.130. The number of fused-ring (bicyclic) bond motifs is 1. The highest BCUT2D eigenvalue weighted by atomic mass is 19.1. The number of H-pyrrole nitrogens is 1. The van der Waals surface area contributed by atoms with E-state index in [4.69, 9.17) is 4.74 Å². The Morgan fingerprint density at radius 3 is 2.68 bits per heavy atom. The molecule has 0 unspecified atom stereocenters. The third-order valence-corrected chi connectivity index (χ3v) is 5.46. The molecular formula is C22H21FN4O4. The Bertz CT molecular complexity index is 1160. The molecule has 3 heterocycles. The van der Waals surface area contributed by atoms with Crippen molar-refractivity contribution in [3.8, 4) is 5.75 Å². The molecule has 1 N–H and O–H groups in total. The Morgan fingerprint density at radius 2 is 2.00 bits per heavy atom. The van der Waals surface area contributed by atoms with Gasteiger partial charge in [0.15, 0.2) is 0 Å². The normalized spacial score (nSPS) is 16.4. The number of methoxy groups -OCH3 is 1. The first kappa shape index (κ1) is 20.5. The summed E-state index contributed by atoms with van der Waals surface area (Å²) in [5, 5.41) is 0.0225. The van der Waals surface area contributed by atoms with Crippen LogP contribution in [-0.2, 0) is 4.79 Å². The number of ether oxygens (including phenoxy) is 1. The lowest BCUT2D eigenvalue weighted by Crippen LogP contribution is -2.56. The highest BCUT2D eigenvalue weighted by Crippen LogP contribution is 2.30. The van der Waals surface area contributed by atoms with Gasteiger partial charge in [-0.1, -0.05) is 6.07 Å². The van der Waals surface area contributed by atoms with Crippen LogP contribution < -0.4 is 4.74 Å². The number of aromatic amines is 1. The van der Waals surface area contributed by atoms with Crippen molar-refractivity contribution in [2.45, 2.75) is 13.0 Å². The molecule has 0 aliphatic carbocycles. The summed E-state index contributed by atoms with van der Waals surface area (Å²) in [6.45, 7) is 2.50. The van der Waals surface area contributed by atoms with Crippen LogP contribution in [0.5, 0.6) is 5.75 Å². The molecule has 0 bridgehead atoms. The summed E-state index contributed by atoms with van der Waals surface area (Å²) in [7, 11) is 1.44. The van der Waals surface area contributed by atoms with E-state index in [9.17, 15) is 18.8 Å². The van der Waals surface area contributed by atoms with Gasteiger partial charge in [-0.15, -0.1) is 0 Å². The number of pyridine rings is 1. The first-order valence-corrected chi connectivity index (χ1v) is 9.81. The minimum Gasteiger partial charge on any atom is -0.495 e. The highest BCUT2D eigenvalue weighted by Gasteiger charge is 2.35. The Balaban J connectivity index is 1.52. The van der Waals surface area contributed by atoms with Crippen LogP contribution in [0.3, 0.4) is 0 Å². The number of Topliss-reactive ketones (excluding diaryl/α,β-unsaturated/α-hetero) is 1. The fourth-order valence-electron chi connectivity index (χ4n) is 3.87. The molecule has 31 heavy (non-hydrogen) atoms. The predicted octanol–water partition coefficient (Wildman–Crippen LogP) is 2.27. The van der Waals surface area contributed by atoms with E-state index in [0.29, 0.717) is 17.0 Å². The number of nitrogens with one attached hydrogen (secondary N) is 1. The lowest BCUT2D eigenvalue weighted by atomic mass is 10.1. The fraction of sp³-hybridized carbons (Fsp3) is 0.273. The average Bonchev–Trinajstić information content (AvgIpc) is 3.24. The summed E-state index contributed by atoms with van der Waals surface area (Å²) in [6, 6.07) is 7.35. The van der Waals surface area contributed by atoms with E-state index in [1.165, 1.54) is 30.3 Å². The number of ketones is 1. The van der Waals surface area contributed by atoms with Gasteiger partial charge in [0.1, 0.15) is 17.3 Å². The Morgan fingerprint density at radius 1 is 1.19 bits per heavy atom. The molecular weight excluding hydrogens is 403 g/mol. The summed E-state index contributed by atoms with van der Waals surface area (Å²) in [6.07, 6.45) is 2.87. The van der Waals surface area contributed by atoms with E-state index in [1.54, 1.807) is 36.2 Å². The second-order valence-corrected chi connectivity index (χ2v) is 7.34. The number of piperazine rings is 1. The maximum absolute atomic E-state index is 14.4. The summed E-state index contributed by atoms with van der Waals surface area (Å²) in [4.78, 5) is 48.4. The van der Waals surface area contributed by atoms with Crippen LogP contribution in [0.1, 0.15) is 27.8 Å². The van der Waals surface area contributed by atoms with Crippen molar-refractivity contribution in [2.75, 3.05) is 26.7 Å². The van der Waals surface area contributed by atoms with Crippen molar-refractivity contribution in [3.05, 3.63) is 59.8 Å². The average molecular weight is 424 g/mol. The molecule has 2 aromatic heterocycles. The van der Waals surface area contributed by atoms with Gasteiger partial charge in [-0.05, 0) is 31.2 Å². The Labute approximate surface area is 177 Å². The van der Waals surface area contributed by atoms with Crippen LogP contribution in [0.2, 0.25) is 0 Å². The number of hydrogen-bond donors (Lipinski definition) is 1. The van der Waals surface area contributed by atoms with Crippen molar-refractivity contribution in [2.24, 2.45) is 0 Å². The van der Waals surface area contributed by atoms with Crippen molar-refractivity contribution in [1.82, 2.24) is 19.8 Å². The van der Waals surface area contributed by atoms with Gasteiger partial charge in [-0.2, -0.15) is 0 Å². The Kier molecular flexibility index (Phi) is 5.41. The molecule has 1 aliphatic heterocycles. The predicted molar refractivity (Wildman–Crippen MR) is 110 cm³/mol. The zero-order valence-corrected chi connectivity index (χ0v) is 17.1. The number of carbonyl (C=O) groups excluding carboxylic acids is 3. The number of hydrogen-bond acceptors (Lipinski definition) is 5. The van der Waals surface area contributed by atoms with Gasteiger partial charge in [0, 0.05) is 38.1 Å². The SMILES string of the molecule is COc1ccc(F)c2c(C(=O)C(=O)N3CCN(C(=O)c4ccccn4)C[C@H]3C)c[nH]c12. The largest absolute Gasteiger partial charge is 0.495 e. The molecule has 0 saturated carbocycles. The number of amides is 2. The number of rotatable bonds is 4. The zero-order chi connectivity index (χ0) is 22.1. The molecule has 3 aromatic rings. The maximum atomic E-state index is 14.4. The minimum atomic E-state index is -0.810. The zero-order valence-electron chi connectivity index (χ0n) is 17.1. The standard InChI is InChI=1S/C22H21FN4O4/c1-13-12-26(21(29)16-5-3-4-8-24-16)9-10-27(13)22(30)20(28)14-11-25-19-17(31-2)7-6-15(23)18(14)19/h3-8,11,13,25H,9-10,12H2,1-2H3/t13-/m1/s1. The molecule has 0 spiro atoms. The highest BCUT2D eigenvalue weighted by molar-refractivity contribution is 6.45. The van der Waals surface area contributed by atoms with Crippen LogP contribution in [0.15, 0.2) is 42.7 Å². The number of aromatic nitrogens is 2.